The first-order valence-corrected chi connectivity index (χ1v) is 9.38. The van der Waals surface area contributed by atoms with Crippen molar-refractivity contribution in [3.8, 4) is 0 Å². The molecule has 0 saturated carbocycles. The Morgan fingerprint density at radius 1 is 1.19 bits per heavy atom. The number of nitrogens with zero attached hydrogens (tertiary/aromatic N) is 1. The number of hydrogen-bond donors (Lipinski definition) is 1. The third kappa shape index (κ3) is 4.87. The van der Waals surface area contributed by atoms with E-state index in [9.17, 15) is 14.4 Å². The van der Waals surface area contributed by atoms with E-state index in [-0.39, 0.29) is 18.9 Å². The highest BCUT2D eigenvalue weighted by atomic mass is 79.9. The van der Waals surface area contributed by atoms with Gasteiger partial charge in [-0.3, -0.25) is 14.4 Å². The van der Waals surface area contributed by atoms with Crippen molar-refractivity contribution in [3.05, 3.63) is 58.0 Å². The Balaban J connectivity index is 1.53. The average molecular weight is 452 g/mol. The van der Waals surface area contributed by atoms with E-state index >= 15 is 0 Å². The molecule has 1 heterocycles. The molecule has 1 N–H and O–H groups in total. The zero-order valence-electron chi connectivity index (χ0n) is 14.2. The van der Waals surface area contributed by atoms with Gasteiger partial charge >= 0.3 is 5.97 Å². The summed E-state index contributed by atoms with van der Waals surface area (Å²) in [5, 5.41) is 3.07. The van der Waals surface area contributed by atoms with Gasteiger partial charge < -0.3 is 15.0 Å². The molecule has 2 aromatic carbocycles. The van der Waals surface area contributed by atoms with Gasteiger partial charge in [-0.2, -0.15) is 0 Å². The predicted molar refractivity (Wildman–Crippen MR) is 106 cm³/mol. The van der Waals surface area contributed by atoms with Crippen molar-refractivity contribution >= 4 is 56.7 Å². The van der Waals surface area contributed by atoms with Crippen molar-refractivity contribution in [1.29, 1.82) is 0 Å². The minimum absolute atomic E-state index is 0.0262. The molecule has 0 aliphatic carbocycles. The highest BCUT2D eigenvalue weighted by Crippen LogP contribution is 2.31. The summed E-state index contributed by atoms with van der Waals surface area (Å²) in [4.78, 5) is 37.8. The van der Waals surface area contributed by atoms with Gasteiger partial charge in [-0.1, -0.05) is 39.7 Å². The van der Waals surface area contributed by atoms with Crippen LogP contribution in [-0.2, 0) is 19.1 Å². The Morgan fingerprint density at radius 3 is 2.59 bits per heavy atom. The van der Waals surface area contributed by atoms with Crippen LogP contribution in [0.25, 0.3) is 0 Å². The minimum atomic E-state index is -0.630. The van der Waals surface area contributed by atoms with Gasteiger partial charge in [-0.25, -0.2) is 0 Å². The van der Waals surface area contributed by atoms with Crippen molar-refractivity contribution in [3.63, 3.8) is 0 Å². The molecule has 0 radical (unpaired) electrons. The number of para-hydroxylation sites is 1. The molecule has 8 heteroatoms. The van der Waals surface area contributed by atoms with Crippen LogP contribution in [0, 0.1) is 5.92 Å². The molecule has 1 aliphatic heterocycles. The smallest absolute Gasteiger partial charge is 0.311 e. The monoisotopic (exact) mass is 450 g/mol. The van der Waals surface area contributed by atoms with Crippen LogP contribution in [0.3, 0.4) is 0 Å². The molecule has 2 aromatic rings. The first-order chi connectivity index (χ1) is 12.9. The van der Waals surface area contributed by atoms with Crippen molar-refractivity contribution in [1.82, 2.24) is 0 Å². The summed E-state index contributed by atoms with van der Waals surface area (Å²) in [5.74, 6) is -1.86. The molecule has 3 rings (SSSR count). The van der Waals surface area contributed by atoms with Crippen molar-refractivity contribution < 1.29 is 19.1 Å². The summed E-state index contributed by atoms with van der Waals surface area (Å²) >= 11 is 9.43. The molecule has 0 bridgehead atoms. The highest BCUT2D eigenvalue weighted by Gasteiger charge is 2.37. The summed E-state index contributed by atoms with van der Waals surface area (Å²) < 4.78 is 5.96. The lowest BCUT2D eigenvalue weighted by Gasteiger charge is -2.17. The first kappa shape index (κ1) is 19.4. The molecular weight excluding hydrogens is 436 g/mol. The largest absolute Gasteiger partial charge is 0.455 e. The third-order valence-corrected chi connectivity index (χ3v) is 4.92. The maximum atomic E-state index is 12.2. The number of amides is 2. The van der Waals surface area contributed by atoms with Crippen LogP contribution in [0.5, 0.6) is 0 Å². The molecule has 27 heavy (non-hydrogen) atoms. The van der Waals surface area contributed by atoms with Crippen LogP contribution >= 0.6 is 27.5 Å². The van der Waals surface area contributed by atoms with Gasteiger partial charge in [-0.15, -0.1) is 0 Å². The van der Waals surface area contributed by atoms with Gasteiger partial charge in [0.2, 0.25) is 5.91 Å². The molecule has 0 unspecified atom stereocenters. The van der Waals surface area contributed by atoms with Gasteiger partial charge in [-0.05, 0) is 36.4 Å². The van der Waals surface area contributed by atoms with Crippen LogP contribution in [0.15, 0.2) is 53.0 Å². The maximum Gasteiger partial charge on any atom is 0.311 e. The van der Waals surface area contributed by atoms with E-state index in [0.29, 0.717) is 16.4 Å². The predicted octanol–water partition coefficient (Wildman–Crippen LogP) is 3.64. The normalized spacial score (nSPS) is 16.3. The van der Waals surface area contributed by atoms with Crippen LogP contribution in [0.2, 0.25) is 5.02 Å². The van der Waals surface area contributed by atoms with Gasteiger partial charge in [0.05, 0.1) is 16.6 Å². The lowest BCUT2D eigenvalue weighted by molar-refractivity contribution is -0.151. The summed E-state index contributed by atoms with van der Waals surface area (Å²) in [6.07, 6.45) is 0.0262. The third-order valence-electron chi connectivity index (χ3n) is 4.08. The number of hydrogen-bond acceptors (Lipinski definition) is 4. The number of benzene rings is 2. The standard InChI is InChI=1S/C19H16BrClN2O4/c20-13-5-7-14(8-6-13)22-17(24)11-27-19(26)12-9-18(25)23(10-12)16-4-2-1-3-15(16)21/h1-8,12H,9-11H2,(H,22,24)/t12-/m0/s1. The van der Waals surface area contributed by atoms with Gasteiger partial charge in [0.1, 0.15) is 0 Å². The molecule has 1 atom stereocenters. The number of carbonyl (C=O) groups is 3. The van der Waals surface area contributed by atoms with E-state index in [1.807, 2.05) is 0 Å². The summed E-state index contributed by atoms with van der Waals surface area (Å²) in [6, 6.07) is 14.0. The fraction of sp³-hybridized carbons (Fsp3) is 0.211. The molecule has 1 aliphatic rings. The average Bonchev–Trinajstić information content (AvgIpc) is 3.04. The van der Waals surface area contributed by atoms with Crippen LogP contribution in [0.4, 0.5) is 11.4 Å². The van der Waals surface area contributed by atoms with Crippen LogP contribution in [0.1, 0.15) is 6.42 Å². The topological polar surface area (TPSA) is 75.7 Å². The lowest BCUT2D eigenvalue weighted by atomic mass is 10.1. The van der Waals surface area contributed by atoms with Gasteiger partial charge in [0, 0.05) is 23.1 Å². The van der Waals surface area contributed by atoms with E-state index in [0.717, 1.165) is 4.47 Å². The molecule has 140 valence electrons. The SMILES string of the molecule is O=C(COC(=O)[C@H]1CC(=O)N(c2ccccc2Cl)C1)Nc1ccc(Br)cc1. The Kier molecular flexibility index (Phi) is 6.13. The number of halogens is 2. The fourth-order valence-electron chi connectivity index (χ4n) is 2.75. The summed E-state index contributed by atoms with van der Waals surface area (Å²) in [5.41, 5.74) is 1.16. The molecular formula is C19H16BrClN2O4. The number of ether oxygens (including phenoxy) is 1. The van der Waals surface area contributed by atoms with Crippen molar-refractivity contribution in [2.24, 2.45) is 5.92 Å². The van der Waals surface area contributed by atoms with Crippen molar-refractivity contribution in [2.45, 2.75) is 6.42 Å². The molecule has 6 nitrogen and oxygen atoms in total. The second-order valence-electron chi connectivity index (χ2n) is 6.02. The number of rotatable bonds is 5. The minimum Gasteiger partial charge on any atom is -0.455 e. The van der Waals surface area contributed by atoms with E-state index in [4.69, 9.17) is 16.3 Å². The zero-order chi connectivity index (χ0) is 19.4. The number of anilines is 2. The molecule has 1 fully saturated rings. The van der Waals surface area contributed by atoms with Crippen LogP contribution < -0.4 is 10.2 Å². The van der Waals surface area contributed by atoms with Gasteiger partial charge in [0.15, 0.2) is 6.61 Å². The van der Waals surface area contributed by atoms with Crippen molar-refractivity contribution in [2.75, 3.05) is 23.4 Å². The lowest BCUT2D eigenvalue weighted by Crippen LogP contribution is -2.28. The van der Waals surface area contributed by atoms with E-state index in [1.165, 1.54) is 4.90 Å². The Morgan fingerprint density at radius 2 is 1.89 bits per heavy atom. The zero-order valence-corrected chi connectivity index (χ0v) is 16.5. The molecule has 0 aromatic heterocycles. The van der Waals surface area contributed by atoms with Crippen LogP contribution in [-0.4, -0.2) is 30.9 Å². The highest BCUT2D eigenvalue weighted by molar-refractivity contribution is 9.10. The summed E-state index contributed by atoms with van der Waals surface area (Å²) in [7, 11) is 0. The Hall–Kier alpha value is -2.38. The Labute approximate surface area is 169 Å². The number of carbonyl (C=O) groups excluding carboxylic acids is 3. The number of esters is 1. The van der Waals surface area contributed by atoms with E-state index in [1.54, 1.807) is 48.5 Å². The quantitative estimate of drug-likeness (QED) is 0.704. The number of nitrogens with one attached hydrogen (secondary N) is 1. The fourth-order valence-corrected chi connectivity index (χ4v) is 3.26. The van der Waals surface area contributed by atoms with E-state index in [2.05, 4.69) is 21.2 Å². The molecule has 2 amide bonds. The Bertz CT molecular complexity index is 872. The first-order valence-electron chi connectivity index (χ1n) is 8.21. The summed E-state index contributed by atoms with van der Waals surface area (Å²) in [6.45, 7) is -0.235. The second kappa shape index (κ2) is 8.54. The molecule has 0 spiro atoms. The maximum absolute atomic E-state index is 12.2. The second-order valence-corrected chi connectivity index (χ2v) is 7.34. The van der Waals surface area contributed by atoms with Gasteiger partial charge in [0.25, 0.3) is 5.91 Å². The van der Waals surface area contributed by atoms with E-state index < -0.39 is 24.4 Å². The molecule has 1 saturated heterocycles.